The van der Waals surface area contributed by atoms with Gasteiger partial charge in [0, 0.05) is 21.2 Å². The third-order valence-electron chi connectivity index (χ3n) is 2.76. The lowest BCUT2D eigenvalue weighted by molar-refractivity contribution is 0.0616. The van der Waals surface area contributed by atoms with E-state index in [2.05, 4.69) is 45.9 Å². The number of aromatic carboxylic acids is 1. The van der Waals surface area contributed by atoms with Gasteiger partial charge >= 0.3 is 5.97 Å². The molecule has 0 aliphatic heterocycles. The van der Waals surface area contributed by atoms with E-state index in [9.17, 15) is 9.90 Å². The Kier molecular flexibility index (Phi) is 6.37. The Labute approximate surface area is 128 Å². The van der Waals surface area contributed by atoms with Crippen molar-refractivity contribution in [3.63, 3.8) is 0 Å². The standard InChI is InChI=1S/C12H22BrN3O3Si/c1-14-7-9-10(11(17)18)16(12(13)15-9)8-19-5-6-20(2,3)4/h14H,5-8H2,1-4H3,(H,17,18). The zero-order chi connectivity index (χ0) is 15.3. The van der Waals surface area contributed by atoms with Crippen molar-refractivity contribution in [2.75, 3.05) is 13.7 Å². The molecule has 0 fully saturated rings. The van der Waals surface area contributed by atoms with Crippen LogP contribution in [0.1, 0.15) is 16.2 Å². The van der Waals surface area contributed by atoms with Gasteiger partial charge in [-0.15, -0.1) is 0 Å². The summed E-state index contributed by atoms with van der Waals surface area (Å²) in [7, 11) is 0.613. The lowest BCUT2D eigenvalue weighted by Gasteiger charge is -2.16. The van der Waals surface area contributed by atoms with Gasteiger partial charge in [0.1, 0.15) is 6.73 Å². The molecule has 0 amide bonds. The average molecular weight is 364 g/mol. The van der Waals surface area contributed by atoms with Gasteiger partial charge in [-0.3, -0.25) is 4.57 Å². The molecule has 0 spiro atoms. The van der Waals surface area contributed by atoms with E-state index in [-0.39, 0.29) is 12.4 Å². The fourth-order valence-corrected chi connectivity index (χ4v) is 2.90. The minimum Gasteiger partial charge on any atom is -0.477 e. The number of nitrogens with one attached hydrogen (secondary N) is 1. The van der Waals surface area contributed by atoms with Crippen molar-refractivity contribution in [2.45, 2.75) is 39.0 Å². The Morgan fingerprint density at radius 3 is 2.65 bits per heavy atom. The molecule has 0 bridgehead atoms. The second-order valence-electron chi connectivity index (χ2n) is 5.79. The van der Waals surface area contributed by atoms with Gasteiger partial charge < -0.3 is 15.2 Å². The normalized spacial score (nSPS) is 11.8. The quantitative estimate of drug-likeness (QED) is 0.547. The molecule has 0 atom stereocenters. The molecule has 0 saturated carbocycles. The van der Waals surface area contributed by atoms with Crippen molar-refractivity contribution in [2.24, 2.45) is 0 Å². The summed E-state index contributed by atoms with van der Waals surface area (Å²) < 4.78 is 7.62. The molecule has 1 rings (SSSR count). The molecule has 1 aromatic heterocycles. The fourth-order valence-electron chi connectivity index (χ4n) is 1.65. The number of hydrogen-bond donors (Lipinski definition) is 2. The van der Waals surface area contributed by atoms with Gasteiger partial charge in [-0.1, -0.05) is 19.6 Å². The molecule has 0 aliphatic carbocycles. The van der Waals surface area contributed by atoms with Crippen LogP contribution in [0, 0.1) is 0 Å². The van der Waals surface area contributed by atoms with E-state index in [4.69, 9.17) is 4.74 Å². The molecule has 0 saturated heterocycles. The average Bonchev–Trinajstić information content (AvgIpc) is 2.60. The fraction of sp³-hybridized carbons (Fsp3) is 0.667. The van der Waals surface area contributed by atoms with Crippen LogP contribution in [0.4, 0.5) is 0 Å². The number of nitrogens with zero attached hydrogens (tertiary/aromatic N) is 2. The van der Waals surface area contributed by atoms with E-state index in [1.165, 1.54) is 0 Å². The predicted molar refractivity (Wildman–Crippen MR) is 83.8 cm³/mol. The Hall–Kier alpha value is -0.703. The summed E-state index contributed by atoms with van der Waals surface area (Å²) in [5.41, 5.74) is 0.667. The topological polar surface area (TPSA) is 76.4 Å². The van der Waals surface area contributed by atoms with E-state index >= 15 is 0 Å². The highest BCUT2D eigenvalue weighted by Crippen LogP contribution is 2.18. The van der Waals surface area contributed by atoms with E-state index in [0.29, 0.717) is 23.6 Å². The zero-order valence-electron chi connectivity index (χ0n) is 12.4. The first kappa shape index (κ1) is 17.3. The first-order valence-corrected chi connectivity index (χ1v) is 11.0. The lowest BCUT2D eigenvalue weighted by Crippen LogP contribution is -2.22. The van der Waals surface area contributed by atoms with E-state index in [1.54, 1.807) is 11.6 Å². The molecular weight excluding hydrogens is 342 g/mol. The van der Waals surface area contributed by atoms with Crippen molar-refractivity contribution in [3.05, 3.63) is 16.1 Å². The molecular formula is C12H22BrN3O3Si. The van der Waals surface area contributed by atoms with Crippen LogP contribution in [-0.4, -0.2) is 42.4 Å². The molecule has 0 unspecified atom stereocenters. The van der Waals surface area contributed by atoms with E-state index < -0.39 is 14.0 Å². The summed E-state index contributed by atoms with van der Waals surface area (Å²) in [6.07, 6.45) is 0. The van der Waals surface area contributed by atoms with Crippen LogP contribution in [0.5, 0.6) is 0 Å². The van der Waals surface area contributed by atoms with Gasteiger partial charge in [0.25, 0.3) is 0 Å². The SMILES string of the molecule is CNCc1nc(Br)n(COCC[Si](C)(C)C)c1C(=O)O. The number of carboxylic acids is 1. The minimum absolute atomic E-state index is 0.166. The summed E-state index contributed by atoms with van der Waals surface area (Å²) in [4.78, 5) is 15.6. The summed E-state index contributed by atoms with van der Waals surface area (Å²) in [6, 6.07) is 1.05. The lowest BCUT2D eigenvalue weighted by atomic mass is 10.3. The molecule has 0 aliphatic rings. The number of aromatic nitrogens is 2. The maximum absolute atomic E-state index is 11.4. The van der Waals surface area contributed by atoms with Gasteiger partial charge in [0.05, 0.1) is 5.69 Å². The van der Waals surface area contributed by atoms with Gasteiger partial charge in [0.15, 0.2) is 10.4 Å². The molecule has 2 N–H and O–H groups in total. The second-order valence-corrected chi connectivity index (χ2v) is 12.1. The second kappa shape index (κ2) is 7.35. The molecule has 0 radical (unpaired) electrons. The molecule has 1 heterocycles. The van der Waals surface area contributed by atoms with E-state index in [1.807, 2.05) is 0 Å². The number of rotatable bonds is 8. The van der Waals surface area contributed by atoms with Crippen LogP contribution in [0.2, 0.25) is 25.7 Å². The Morgan fingerprint density at radius 2 is 2.15 bits per heavy atom. The van der Waals surface area contributed by atoms with E-state index in [0.717, 1.165) is 6.04 Å². The van der Waals surface area contributed by atoms with Crippen molar-refractivity contribution in [1.82, 2.24) is 14.9 Å². The maximum atomic E-state index is 11.4. The summed E-state index contributed by atoms with van der Waals surface area (Å²) in [6.45, 7) is 8.07. The van der Waals surface area contributed by atoms with Crippen LogP contribution in [0.3, 0.4) is 0 Å². The first-order chi connectivity index (χ1) is 9.26. The van der Waals surface area contributed by atoms with Crippen molar-refractivity contribution < 1.29 is 14.6 Å². The third kappa shape index (κ3) is 5.00. The number of ether oxygens (including phenoxy) is 1. The molecule has 6 nitrogen and oxygen atoms in total. The predicted octanol–water partition coefficient (Wildman–Crippen LogP) is 2.38. The van der Waals surface area contributed by atoms with Crippen LogP contribution >= 0.6 is 15.9 Å². The number of imidazole rings is 1. The molecule has 8 heteroatoms. The Balaban J connectivity index is 2.76. The highest BCUT2D eigenvalue weighted by atomic mass is 79.9. The summed E-state index contributed by atoms with van der Waals surface area (Å²) in [5, 5.41) is 12.2. The van der Waals surface area contributed by atoms with Gasteiger partial charge in [-0.2, -0.15) is 0 Å². The summed E-state index contributed by atoms with van der Waals surface area (Å²) >= 11 is 3.29. The number of hydrogen-bond acceptors (Lipinski definition) is 4. The molecule has 0 aromatic carbocycles. The van der Waals surface area contributed by atoms with Crippen molar-refractivity contribution >= 4 is 30.0 Å². The Bertz CT molecular complexity index is 471. The monoisotopic (exact) mass is 363 g/mol. The minimum atomic E-state index is -1.14. The zero-order valence-corrected chi connectivity index (χ0v) is 15.0. The van der Waals surface area contributed by atoms with Gasteiger partial charge in [-0.25, -0.2) is 9.78 Å². The first-order valence-electron chi connectivity index (χ1n) is 6.47. The highest BCUT2D eigenvalue weighted by Gasteiger charge is 2.21. The molecule has 20 heavy (non-hydrogen) atoms. The summed E-state index contributed by atoms with van der Waals surface area (Å²) in [5.74, 6) is -0.998. The van der Waals surface area contributed by atoms with Crippen molar-refractivity contribution in [3.8, 4) is 0 Å². The molecule has 114 valence electrons. The van der Waals surface area contributed by atoms with Crippen LogP contribution in [0.25, 0.3) is 0 Å². The number of carboxylic acid groups (broad SMARTS) is 1. The molecule has 1 aromatic rings. The van der Waals surface area contributed by atoms with Gasteiger partial charge in [-0.05, 0) is 29.0 Å². The maximum Gasteiger partial charge on any atom is 0.354 e. The van der Waals surface area contributed by atoms with Gasteiger partial charge in [0.2, 0.25) is 0 Å². The number of halogens is 1. The van der Waals surface area contributed by atoms with Crippen LogP contribution in [0.15, 0.2) is 4.73 Å². The smallest absolute Gasteiger partial charge is 0.354 e. The Morgan fingerprint density at radius 1 is 1.50 bits per heavy atom. The van der Waals surface area contributed by atoms with Crippen molar-refractivity contribution in [1.29, 1.82) is 0 Å². The van der Waals surface area contributed by atoms with Crippen LogP contribution in [-0.2, 0) is 18.0 Å². The number of carbonyl (C=O) groups is 1. The van der Waals surface area contributed by atoms with Crippen LogP contribution < -0.4 is 5.32 Å². The largest absolute Gasteiger partial charge is 0.477 e. The third-order valence-corrected chi connectivity index (χ3v) is 5.07. The highest BCUT2D eigenvalue weighted by molar-refractivity contribution is 9.10.